The number of aliphatic carboxylic acids is 1. The molecular weight excluding hydrogens is 304 g/mol. The van der Waals surface area contributed by atoms with Gasteiger partial charge in [0.2, 0.25) is 0 Å². The first kappa shape index (κ1) is 17.7. The lowest BCUT2D eigenvalue weighted by atomic mass is 10.0. The zero-order valence-electron chi connectivity index (χ0n) is 13.6. The van der Waals surface area contributed by atoms with E-state index in [-0.39, 0.29) is 6.42 Å². The number of carboxylic acid groups (broad SMARTS) is 1. The Morgan fingerprint density at radius 3 is 2.62 bits per heavy atom. The van der Waals surface area contributed by atoms with E-state index in [0.717, 1.165) is 29.7 Å². The van der Waals surface area contributed by atoms with Gasteiger partial charge in [-0.15, -0.1) is 0 Å². The molecule has 0 radical (unpaired) electrons. The molecule has 0 amide bonds. The van der Waals surface area contributed by atoms with E-state index in [1.54, 1.807) is 12.4 Å². The molecule has 0 fully saturated rings. The fourth-order valence-corrected chi connectivity index (χ4v) is 2.25. The largest absolute Gasteiger partial charge is 0.481 e. The van der Waals surface area contributed by atoms with Crippen LogP contribution in [0.1, 0.15) is 36.8 Å². The summed E-state index contributed by atoms with van der Waals surface area (Å²) in [5, 5.41) is 12.9. The number of aromatic nitrogens is 1. The highest BCUT2D eigenvalue weighted by Gasteiger charge is 2.06. The molecule has 126 valence electrons. The van der Waals surface area contributed by atoms with E-state index in [0.29, 0.717) is 19.4 Å². The van der Waals surface area contributed by atoms with Crippen LogP contribution < -0.4 is 0 Å². The number of carbonyl (C=O) groups is 1. The Hall–Kier alpha value is -2.69. The van der Waals surface area contributed by atoms with Crippen molar-refractivity contribution in [1.82, 2.24) is 4.98 Å². The summed E-state index contributed by atoms with van der Waals surface area (Å²) in [7, 11) is 0. The van der Waals surface area contributed by atoms with Gasteiger partial charge in [0.05, 0.1) is 5.71 Å². The summed E-state index contributed by atoms with van der Waals surface area (Å²) < 4.78 is 0. The molecule has 0 saturated carbocycles. The lowest BCUT2D eigenvalue weighted by Crippen LogP contribution is -2.07. The van der Waals surface area contributed by atoms with Crippen LogP contribution in [0, 0.1) is 0 Å². The van der Waals surface area contributed by atoms with Crippen LogP contribution >= 0.6 is 0 Å². The second kappa shape index (κ2) is 10.2. The topological polar surface area (TPSA) is 71.8 Å². The van der Waals surface area contributed by atoms with Crippen molar-refractivity contribution in [1.29, 1.82) is 0 Å². The maximum absolute atomic E-state index is 10.4. The molecule has 2 rings (SSSR count). The Labute approximate surface area is 142 Å². The molecule has 1 N–H and O–H groups in total. The molecular formula is C19H22N2O3. The molecule has 2 aromatic rings. The molecule has 0 saturated heterocycles. The summed E-state index contributed by atoms with van der Waals surface area (Å²) in [5.74, 6) is -0.754. The van der Waals surface area contributed by atoms with Crippen molar-refractivity contribution >= 4 is 11.7 Å². The Morgan fingerprint density at radius 2 is 1.92 bits per heavy atom. The molecule has 1 heterocycles. The van der Waals surface area contributed by atoms with Gasteiger partial charge in [-0.05, 0) is 37.0 Å². The number of unbranched alkanes of at least 4 members (excludes halogenated alkanes) is 2. The van der Waals surface area contributed by atoms with Gasteiger partial charge in [0, 0.05) is 30.8 Å². The van der Waals surface area contributed by atoms with Crippen LogP contribution in [0.3, 0.4) is 0 Å². The number of benzene rings is 1. The number of oxime groups is 1. The number of carboxylic acids is 1. The van der Waals surface area contributed by atoms with Gasteiger partial charge in [-0.1, -0.05) is 35.5 Å². The fraction of sp³-hybridized carbons (Fsp3) is 0.316. The predicted molar refractivity (Wildman–Crippen MR) is 93.0 cm³/mol. The summed E-state index contributed by atoms with van der Waals surface area (Å²) in [6, 6.07) is 13.9. The molecule has 5 heteroatoms. The number of pyridine rings is 1. The zero-order chi connectivity index (χ0) is 17.0. The second-order valence-electron chi connectivity index (χ2n) is 5.48. The van der Waals surface area contributed by atoms with Crippen LogP contribution in [0.4, 0.5) is 0 Å². The van der Waals surface area contributed by atoms with Crippen LogP contribution in [0.2, 0.25) is 0 Å². The molecule has 0 spiro atoms. The first-order valence-electron chi connectivity index (χ1n) is 8.10. The third-order valence-corrected chi connectivity index (χ3v) is 3.51. The van der Waals surface area contributed by atoms with Crippen molar-refractivity contribution in [3.8, 4) is 0 Å². The zero-order valence-corrected chi connectivity index (χ0v) is 13.6. The van der Waals surface area contributed by atoms with Gasteiger partial charge >= 0.3 is 5.97 Å². The summed E-state index contributed by atoms with van der Waals surface area (Å²) in [5.41, 5.74) is 2.93. The monoisotopic (exact) mass is 326 g/mol. The van der Waals surface area contributed by atoms with E-state index in [9.17, 15) is 4.79 Å². The molecule has 24 heavy (non-hydrogen) atoms. The summed E-state index contributed by atoms with van der Waals surface area (Å²) >= 11 is 0. The minimum Gasteiger partial charge on any atom is -0.481 e. The van der Waals surface area contributed by atoms with Crippen molar-refractivity contribution in [2.24, 2.45) is 5.16 Å². The molecule has 1 aromatic carbocycles. The van der Waals surface area contributed by atoms with E-state index >= 15 is 0 Å². The predicted octanol–water partition coefficient (Wildman–Crippen LogP) is 3.69. The van der Waals surface area contributed by atoms with E-state index in [1.807, 2.05) is 30.3 Å². The van der Waals surface area contributed by atoms with Crippen LogP contribution in [-0.4, -0.2) is 28.4 Å². The van der Waals surface area contributed by atoms with Crippen molar-refractivity contribution < 1.29 is 14.7 Å². The quantitative estimate of drug-likeness (QED) is 0.410. The average molecular weight is 326 g/mol. The molecule has 0 unspecified atom stereocenters. The maximum atomic E-state index is 10.4. The first-order chi connectivity index (χ1) is 11.8. The lowest BCUT2D eigenvalue weighted by Gasteiger charge is -2.07. The Morgan fingerprint density at radius 1 is 1.08 bits per heavy atom. The number of hydrogen-bond acceptors (Lipinski definition) is 4. The van der Waals surface area contributed by atoms with Crippen LogP contribution in [0.5, 0.6) is 0 Å². The summed E-state index contributed by atoms with van der Waals surface area (Å²) in [6.07, 6.45) is 6.67. The molecule has 5 nitrogen and oxygen atoms in total. The Kier molecular flexibility index (Phi) is 7.47. The average Bonchev–Trinajstić information content (AvgIpc) is 2.61. The van der Waals surface area contributed by atoms with Crippen molar-refractivity contribution in [3.05, 3.63) is 66.0 Å². The van der Waals surface area contributed by atoms with E-state index < -0.39 is 5.97 Å². The smallest absolute Gasteiger partial charge is 0.303 e. The van der Waals surface area contributed by atoms with Crippen LogP contribution in [0.15, 0.2) is 60.0 Å². The van der Waals surface area contributed by atoms with Crippen molar-refractivity contribution in [2.45, 2.75) is 32.1 Å². The van der Waals surface area contributed by atoms with E-state index in [4.69, 9.17) is 9.94 Å². The number of nitrogens with zero attached hydrogens (tertiary/aromatic N) is 2. The summed E-state index contributed by atoms with van der Waals surface area (Å²) in [4.78, 5) is 20.0. The molecule has 0 bridgehead atoms. The Bertz CT molecular complexity index is 642. The highest BCUT2D eigenvalue weighted by molar-refractivity contribution is 6.01. The number of hydrogen-bond donors (Lipinski definition) is 1. The van der Waals surface area contributed by atoms with Gasteiger partial charge in [0.15, 0.2) is 0 Å². The standard InChI is InChI=1S/C19H22N2O3/c22-19(23)11-5-2-6-13-24-21-18(17-10-7-12-20-15-17)14-16-8-3-1-4-9-16/h1,3-4,7-10,12,15H,2,5-6,11,13-14H2,(H,22,23)/b21-18+. The maximum Gasteiger partial charge on any atom is 0.303 e. The van der Waals surface area contributed by atoms with Crippen LogP contribution in [-0.2, 0) is 16.1 Å². The summed E-state index contributed by atoms with van der Waals surface area (Å²) in [6.45, 7) is 0.484. The van der Waals surface area contributed by atoms with E-state index in [1.165, 1.54) is 0 Å². The highest BCUT2D eigenvalue weighted by atomic mass is 16.6. The molecule has 1 aromatic heterocycles. The molecule has 0 aliphatic carbocycles. The third kappa shape index (κ3) is 6.60. The molecule has 0 aliphatic rings. The van der Waals surface area contributed by atoms with Gasteiger partial charge in [0.1, 0.15) is 6.61 Å². The second-order valence-corrected chi connectivity index (χ2v) is 5.48. The SMILES string of the molecule is O=C(O)CCCCCO/N=C(\Cc1ccccc1)c1cccnc1. The Balaban J connectivity index is 1.89. The minimum atomic E-state index is -0.754. The van der Waals surface area contributed by atoms with Gasteiger partial charge in [-0.25, -0.2) is 0 Å². The molecule has 0 aliphatic heterocycles. The van der Waals surface area contributed by atoms with E-state index in [2.05, 4.69) is 22.3 Å². The first-order valence-corrected chi connectivity index (χ1v) is 8.10. The molecule has 0 atom stereocenters. The van der Waals surface area contributed by atoms with Gasteiger partial charge in [-0.2, -0.15) is 0 Å². The third-order valence-electron chi connectivity index (χ3n) is 3.51. The van der Waals surface area contributed by atoms with Gasteiger partial charge in [-0.3, -0.25) is 9.78 Å². The normalized spacial score (nSPS) is 11.2. The van der Waals surface area contributed by atoms with Crippen molar-refractivity contribution in [3.63, 3.8) is 0 Å². The van der Waals surface area contributed by atoms with Gasteiger partial charge < -0.3 is 9.94 Å². The number of rotatable bonds is 10. The van der Waals surface area contributed by atoms with Crippen LogP contribution in [0.25, 0.3) is 0 Å². The van der Waals surface area contributed by atoms with Crippen molar-refractivity contribution in [2.75, 3.05) is 6.61 Å². The lowest BCUT2D eigenvalue weighted by molar-refractivity contribution is -0.137. The fourth-order valence-electron chi connectivity index (χ4n) is 2.25. The highest BCUT2D eigenvalue weighted by Crippen LogP contribution is 2.09. The minimum absolute atomic E-state index is 0.207. The van der Waals surface area contributed by atoms with Gasteiger partial charge in [0.25, 0.3) is 0 Å².